The van der Waals surface area contributed by atoms with Crippen LogP contribution in [0.3, 0.4) is 0 Å². The third-order valence-corrected chi connectivity index (χ3v) is 3.95. The van der Waals surface area contributed by atoms with Crippen molar-refractivity contribution < 1.29 is 9.53 Å². The zero-order valence-electron chi connectivity index (χ0n) is 17.8. The second-order valence-electron chi connectivity index (χ2n) is 8.35. The minimum absolute atomic E-state index is 0. The summed E-state index contributed by atoms with van der Waals surface area (Å²) in [6, 6.07) is 0. The summed E-state index contributed by atoms with van der Waals surface area (Å²) < 4.78 is 7.47. The zero-order valence-corrected chi connectivity index (χ0v) is 20.1. The van der Waals surface area contributed by atoms with Gasteiger partial charge in [0.1, 0.15) is 18.0 Å². The van der Waals surface area contributed by atoms with Gasteiger partial charge < -0.3 is 25.3 Å². The number of halogens is 1. The number of hydrogen-bond donors (Lipinski definition) is 3. The van der Waals surface area contributed by atoms with Crippen LogP contribution in [0.25, 0.3) is 0 Å². The van der Waals surface area contributed by atoms with E-state index >= 15 is 0 Å². The highest BCUT2D eigenvalue weighted by Crippen LogP contribution is 2.14. The van der Waals surface area contributed by atoms with E-state index in [1.54, 1.807) is 0 Å². The first-order chi connectivity index (χ1) is 12.6. The average Bonchev–Trinajstić information content (AvgIpc) is 3.11. The van der Waals surface area contributed by atoms with Crippen LogP contribution in [0.2, 0.25) is 0 Å². The standard InChI is InChI=1S/C18H33N7O2.HI/c1-7-19-15(20-11-14-24-23-13-9-8-10-25(13)14)21-12-18(5,6)22-16(26)27-17(2,3)4;/h7-12H2,1-6H3,(H,22,26)(H2,19,20,21);1H. The van der Waals surface area contributed by atoms with Crippen molar-refractivity contribution in [3.05, 3.63) is 11.6 Å². The molecule has 9 nitrogen and oxygen atoms in total. The molecule has 1 aliphatic heterocycles. The summed E-state index contributed by atoms with van der Waals surface area (Å²) in [6.45, 7) is 14.1. The van der Waals surface area contributed by atoms with E-state index in [9.17, 15) is 4.79 Å². The highest BCUT2D eigenvalue weighted by atomic mass is 127. The summed E-state index contributed by atoms with van der Waals surface area (Å²) >= 11 is 0. The molecule has 0 unspecified atom stereocenters. The summed E-state index contributed by atoms with van der Waals surface area (Å²) in [6.07, 6.45) is 1.67. The van der Waals surface area contributed by atoms with Gasteiger partial charge in [0.15, 0.2) is 11.8 Å². The molecular weight excluding hydrogens is 473 g/mol. The van der Waals surface area contributed by atoms with Crippen LogP contribution in [0.15, 0.2) is 4.99 Å². The maximum absolute atomic E-state index is 12.0. The van der Waals surface area contributed by atoms with E-state index in [0.717, 1.165) is 37.6 Å². The predicted octanol–water partition coefficient (Wildman–Crippen LogP) is 2.20. The molecule has 0 bridgehead atoms. The Morgan fingerprint density at radius 3 is 2.57 bits per heavy atom. The van der Waals surface area contributed by atoms with Crippen molar-refractivity contribution in [3.63, 3.8) is 0 Å². The maximum Gasteiger partial charge on any atom is 0.408 e. The molecule has 1 aromatic heterocycles. The van der Waals surface area contributed by atoms with Gasteiger partial charge in [0, 0.05) is 26.1 Å². The summed E-state index contributed by atoms with van der Waals surface area (Å²) in [4.78, 5) is 16.6. The van der Waals surface area contributed by atoms with Crippen molar-refractivity contribution in [2.45, 2.75) is 78.6 Å². The Bertz CT molecular complexity index is 680. The fourth-order valence-corrected chi connectivity index (χ4v) is 2.75. The number of nitrogens with one attached hydrogen (secondary N) is 3. The Balaban J connectivity index is 0.00000392. The molecule has 3 N–H and O–H groups in total. The van der Waals surface area contributed by atoms with Gasteiger partial charge in [0.05, 0.1) is 5.54 Å². The molecule has 2 heterocycles. The van der Waals surface area contributed by atoms with Crippen LogP contribution in [-0.4, -0.2) is 51.0 Å². The molecule has 0 aromatic carbocycles. The SMILES string of the molecule is CCNC(=NCc1nnc2n1CCC2)NCC(C)(C)NC(=O)OC(C)(C)C.I. The first-order valence-corrected chi connectivity index (χ1v) is 9.54. The van der Waals surface area contributed by atoms with Crippen LogP contribution in [-0.2, 0) is 24.2 Å². The van der Waals surface area contributed by atoms with Gasteiger partial charge in [-0.15, -0.1) is 34.2 Å². The number of amides is 1. The molecule has 28 heavy (non-hydrogen) atoms. The van der Waals surface area contributed by atoms with E-state index in [0.29, 0.717) is 19.0 Å². The number of nitrogens with zero attached hydrogens (tertiary/aromatic N) is 4. The highest BCUT2D eigenvalue weighted by Gasteiger charge is 2.25. The quantitative estimate of drug-likeness (QED) is 0.310. The second-order valence-corrected chi connectivity index (χ2v) is 8.35. The molecule has 0 atom stereocenters. The topological polar surface area (TPSA) is 105 Å². The van der Waals surface area contributed by atoms with Crippen LogP contribution in [0, 0.1) is 0 Å². The van der Waals surface area contributed by atoms with E-state index in [-0.39, 0.29) is 24.0 Å². The fourth-order valence-electron chi connectivity index (χ4n) is 2.75. The zero-order chi connectivity index (χ0) is 20.1. The van der Waals surface area contributed by atoms with Crippen molar-refractivity contribution >= 4 is 36.0 Å². The van der Waals surface area contributed by atoms with Crippen molar-refractivity contribution in [1.82, 2.24) is 30.7 Å². The van der Waals surface area contributed by atoms with Gasteiger partial charge >= 0.3 is 6.09 Å². The van der Waals surface area contributed by atoms with Gasteiger partial charge in [0.2, 0.25) is 0 Å². The Labute approximate surface area is 184 Å². The summed E-state index contributed by atoms with van der Waals surface area (Å²) in [7, 11) is 0. The lowest BCUT2D eigenvalue weighted by Gasteiger charge is -2.29. The lowest BCUT2D eigenvalue weighted by atomic mass is 10.1. The van der Waals surface area contributed by atoms with E-state index < -0.39 is 17.2 Å². The first-order valence-electron chi connectivity index (χ1n) is 9.54. The maximum atomic E-state index is 12.0. The van der Waals surface area contributed by atoms with Crippen molar-refractivity contribution in [2.75, 3.05) is 13.1 Å². The normalized spacial score (nSPS) is 14.1. The highest BCUT2D eigenvalue weighted by molar-refractivity contribution is 14.0. The molecule has 2 rings (SSSR count). The van der Waals surface area contributed by atoms with Crippen molar-refractivity contribution in [3.8, 4) is 0 Å². The van der Waals surface area contributed by atoms with Crippen LogP contribution < -0.4 is 16.0 Å². The van der Waals surface area contributed by atoms with Crippen LogP contribution in [0.1, 0.15) is 59.6 Å². The van der Waals surface area contributed by atoms with E-state index in [1.807, 2.05) is 41.5 Å². The second kappa shape index (κ2) is 10.3. The molecule has 1 aliphatic rings. The van der Waals surface area contributed by atoms with Gasteiger partial charge in [-0.3, -0.25) is 0 Å². The number of guanidine groups is 1. The van der Waals surface area contributed by atoms with Crippen LogP contribution in [0.4, 0.5) is 4.79 Å². The third kappa shape index (κ3) is 7.80. The van der Waals surface area contributed by atoms with Gasteiger partial charge in [-0.25, -0.2) is 9.79 Å². The minimum atomic E-state index is -0.525. The Morgan fingerprint density at radius 2 is 1.93 bits per heavy atom. The van der Waals surface area contributed by atoms with Crippen LogP contribution in [0.5, 0.6) is 0 Å². The number of alkyl carbamates (subject to hydrolysis) is 1. The number of carbonyl (C=O) groups excluding carboxylic acids is 1. The number of carbonyl (C=O) groups is 1. The van der Waals surface area contributed by atoms with Crippen molar-refractivity contribution in [2.24, 2.45) is 4.99 Å². The van der Waals surface area contributed by atoms with Crippen molar-refractivity contribution in [1.29, 1.82) is 0 Å². The largest absolute Gasteiger partial charge is 0.444 e. The molecular formula is C18H34IN7O2. The molecule has 0 fully saturated rings. The van der Waals surface area contributed by atoms with E-state index in [1.165, 1.54) is 0 Å². The van der Waals surface area contributed by atoms with Crippen LogP contribution >= 0.6 is 24.0 Å². The van der Waals surface area contributed by atoms with E-state index in [2.05, 4.69) is 35.7 Å². The number of rotatable bonds is 6. The first kappa shape index (κ1) is 24.4. The number of aliphatic imine (C=N–C) groups is 1. The molecule has 1 aromatic rings. The number of ether oxygens (including phenoxy) is 1. The molecule has 1 amide bonds. The summed E-state index contributed by atoms with van der Waals surface area (Å²) in [5.41, 5.74) is -1.03. The number of aromatic nitrogens is 3. The third-order valence-electron chi connectivity index (χ3n) is 3.95. The smallest absolute Gasteiger partial charge is 0.408 e. The van der Waals surface area contributed by atoms with Gasteiger partial charge in [-0.05, 0) is 48.0 Å². The average molecular weight is 507 g/mol. The number of aryl methyl sites for hydroxylation is 1. The molecule has 0 saturated carbocycles. The molecule has 0 saturated heterocycles. The predicted molar refractivity (Wildman–Crippen MR) is 120 cm³/mol. The monoisotopic (exact) mass is 507 g/mol. The number of hydrogen-bond acceptors (Lipinski definition) is 5. The number of fused-ring (bicyclic) bond motifs is 1. The Morgan fingerprint density at radius 1 is 1.21 bits per heavy atom. The fraction of sp³-hybridized carbons (Fsp3) is 0.778. The molecule has 10 heteroatoms. The van der Waals surface area contributed by atoms with Gasteiger partial charge in [0.25, 0.3) is 0 Å². The van der Waals surface area contributed by atoms with E-state index in [4.69, 9.17) is 4.74 Å². The van der Waals surface area contributed by atoms with Gasteiger partial charge in [-0.2, -0.15) is 0 Å². The molecule has 0 aliphatic carbocycles. The Kier molecular flexibility index (Phi) is 8.96. The Hall–Kier alpha value is -1.59. The molecule has 160 valence electrons. The molecule has 0 radical (unpaired) electrons. The molecule has 0 spiro atoms. The minimum Gasteiger partial charge on any atom is -0.444 e. The summed E-state index contributed by atoms with van der Waals surface area (Å²) in [5.74, 6) is 2.60. The lowest BCUT2D eigenvalue weighted by Crippen LogP contribution is -2.54. The lowest BCUT2D eigenvalue weighted by molar-refractivity contribution is 0.0474. The van der Waals surface area contributed by atoms with Gasteiger partial charge in [-0.1, -0.05) is 0 Å². The summed E-state index contributed by atoms with van der Waals surface area (Å²) in [5, 5.41) is 17.8.